The van der Waals surface area contributed by atoms with Gasteiger partial charge in [0.1, 0.15) is 5.75 Å². The van der Waals surface area contributed by atoms with Crippen molar-refractivity contribution in [2.45, 2.75) is 6.54 Å². The van der Waals surface area contributed by atoms with Crippen LogP contribution in [0.2, 0.25) is 0 Å². The van der Waals surface area contributed by atoms with Gasteiger partial charge < -0.3 is 21.3 Å². The quantitative estimate of drug-likeness (QED) is 0.383. The molecule has 0 aliphatic carbocycles. The third kappa shape index (κ3) is 2.37. The molecule has 88 valence electrons. The number of aromatic hydroxyl groups is 1. The molecule has 5 N–H and O–H groups in total. The monoisotopic (exact) mass is 223 g/mol. The molecule has 0 bridgehead atoms. The van der Waals surface area contributed by atoms with Crippen LogP contribution in [0.1, 0.15) is 5.56 Å². The summed E-state index contributed by atoms with van der Waals surface area (Å²) in [6.45, 7) is 3.86. The number of nitrogens with zero attached hydrogens (tertiary/aromatic N) is 1. The van der Waals surface area contributed by atoms with Gasteiger partial charge in [-0.05, 0) is 12.1 Å². The van der Waals surface area contributed by atoms with E-state index in [1.165, 1.54) is 0 Å². The Morgan fingerprint density at radius 1 is 1.25 bits per heavy atom. The number of benzene rings is 1. The van der Waals surface area contributed by atoms with Crippen molar-refractivity contribution in [1.82, 2.24) is 4.90 Å². The van der Waals surface area contributed by atoms with Crippen molar-refractivity contribution in [3.63, 3.8) is 0 Å². The van der Waals surface area contributed by atoms with Crippen LogP contribution in [-0.2, 0) is 11.3 Å². The van der Waals surface area contributed by atoms with E-state index in [0.717, 1.165) is 31.9 Å². The van der Waals surface area contributed by atoms with E-state index in [-0.39, 0.29) is 5.75 Å². The molecule has 0 amide bonds. The highest BCUT2D eigenvalue weighted by Gasteiger charge is 2.14. The van der Waals surface area contributed by atoms with Gasteiger partial charge in [0.15, 0.2) is 0 Å². The summed E-state index contributed by atoms with van der Waals surface area (Å²) < 4.78 is 5.26. The molecule has 2 rings (SSSR count). The molecule has 1 aliphatic rings. The minimum atomic E-state index is 0.140. The minimum Gasteiger partial charge on any atom is -0.505 e. The van der Waals surface area contributed by atoms with Gasteiger partial charge in [0, 0.05) is 30.9 Å². The van der Waals surface area contributed by atoms with Gasteiger partial charge in [-0.1, -0.05) is 0 Å². The van der Waals surface area contributed by atoms with E-state index in [9.17, 15) is 5.11 Å². The summed E-state index contributed by atoms with van der Waals surface area (Å²) in [4.78, 5) is 2.21. The Morgan fingerprint density at radius 2 is 1.94 bits per heavy atom. The molecule has 16 heavy (non-hydrogen) atoms. The maximum Gasteiger partial charge on any atom is 0.143 e. The molecule has 0 radical (unpaired) electrons. The van der Waals surface area contributed by atoms with Gasteiger partial charge in [-0.25, -0.2) is 0 Å². The lowest BCUT2D eigenvalue weighted by atomic mass is 10.1. The summed E-state index contributed by atoms with van der Waals surface area (Å²) in [5, 5.41) is 9.81. The SMILES string of the molecule is Nc1cc(N)c(O)c(CN2CCOCC2)c1. The average Bonchev–Trinajstić information content (AvgIpc) is 2.27. The number of morpholine rings is 1. The van der Waals surface area contributed by atoms with E-state index in [4.69, 9.17) is 16.2 Å². The Balaban J connectivity index is 2.13. The summed E-state index contributed by atoms with van der Waals surface area (Å²) in [7, 11) is 0. The zero-order valence-electron chi connectivity index (χ0n) is 9.15. The van der Waals surface area contributed by atoms with Crippen LogP contribution in [-0.4, -0.2) is 36.3 Å². The second kappa shape index (κ2) is 4.59. The third-order valence-corrected chi connectivity index (χ3v) is 2.74. The molecule has 0 spiro atoms. The normalized spacial score (nSPS) is 17.5. The molecule has 5 nitrogen and oxygen atoms in total. The maximum absolute atomic E-state index is 9.81. The Kier molecular flexibility index (Phi) is 3.17. The van der Waals surface area contributed by atoms with Crippen molar-refractivity contribution in [2.75, 3.05) is 37.8 Å². The predicted molar refractivity (Wildman–Crippen MR) is 63.0 cm³/mol. The highest BCUT2D eigenvalue weighted by molar-refractivity contribution is 5.63. The zero-order valence-corrected chi connectivity index (χ0v) is 9.15. The van der Waals surface area contributed by atoms with Crippen LogP contribution in [0.5, 0.6) is 5.75 Å². The lowest BCUT2D eigenvalue weighted by Gasteiger charge is -2.27. The van der Waals surface area contributed by atoms with E-state index in [2.05, 4.69) is 4.90 Å². The van der Waals surface area contributed by atoms with E-state index in [1.807, 2.05) is 0 Å². The highest BCUT2D eigenvalue weighted by Crippen LogP contribution is 2.29. The standard InChI is InChI=1S/C11H17N3O2/c12-9-5-8(11(15)10(13)6-9)7-14-1-3-16-4-2-14/h5-6,15H,1-4,7,12-13H2. The van der Waals surface area contributed by atoms with Gasteiger partial charge in [-0.2, -0.15) is 0 Å². The van der Waals surface area contributed by atoms with Crippen molar-refractivity contribution in [2.24, 2.45) is 0 Å². The van der Waals surface area contributed by atoms with Crippen LogP contribution in [0, 0.1) is 0 Å². The molecular weight excluding hydrogens is 206 g/mol. The lowest BCUT2D eigenvalue weighted by molar-refractivity contribution is 0.0339. The number of hydrogen-bond donors (Lipinski definition) is 3. The number of phenols is 1. The molecule has 0 saturated carbocycles. The van der Waals surface area contributed by atoms with Crippen LogP contribution in [0.3, 0.4) is 0 Å². The van der Waals surface area contributed by atoms with Crippen LogP contribution < -0.4 is 11.5 Å². The van der Waals surface area contributed by atoms with Gasteiger partial charge in [0.05, 0.1) is 18.9 Å². The summed E-state index contributed by atoms with van der Waals surface area (Å²) in [6, 6.07) is 3.33. The Bertz CT molecular complexity index is 376. The Labute approximate surface area is 94.6 Å². The maximum atomic E-state index is 9.81. The number of anilines is 2. The van der Waals surface area contributed by atoms with Crippen molar-refractivity contribution in [3.05, 3.63) is 17.7 Å². The smallest absolute Gasteiger partial charge is 0.143 e. The predicted octanol–water partition coefficient (Wildman–Crippen LogP) is 0.389. The van der Waals surface area contributed by atoms with Gasteiger partial charge >= 0.3 is 0 Å². The summed E-state index contributed by atoms with van der Waals surface area (Å²) in [5.74, 6) is 0.140. The van der Waals surface area contributed by atoms with Gasteiger partial charge in [0.2, 0.25) is 0 Å². The molecular formula is C11H17N3O2. The number of ether oxygens (including phenoxy) is 1. The first-order valence-corrected chi connectivity index (χ1v) is 5.34. The van der Waals surface area contributed by atoms with Crippen molar-refractivity contribution < 1.29 is 9.84 Å². The number of rotatable bonds is 2. The molecule has 0 atom stereocenters. The third-order valence-electron chi connectivity index (χ3n) is 2.74. The second-order valence-corrected chi connectivity index (χ2v) is 4.01. The Hall–Kier alpha value is -1.46. The molecule has 5 heteroatoms. The molecule has 0 aromatic heterocycles. The van der Waals surface area contributed by atoms with Gasteiger partial charge in [-0.3, -0.25) is 4.90 Å². The average molecular weight is 223 g/mol. The molecule has 1 heterocycles. The van der Waals surface area contributed by atoms with Crippen molar-refractivity contribution in [1.29, 1.82) is 0 Å². The molecule has 1 aromatic rings. The first-order valence-electron chi connectivity index (χ1n) is 5.34. The first kappa shape index (κ1) is 11.0. The lowest BCUT2D eigenvalue weighted by Crippen LogP contribution is -2.35. The van der Waals surface area contributed by atoms with E-state index < -0.39 is 0 Å². The van der Waals surface area contributed by atoms with Crippen LogP contribution in [0.25, 0.3) is 0 Å². The van der Waals surface area contributed by atoms with Crippen LogP contribution >= 0.6 is 0 Å². The van der Waals surface area contributed by atoms with Crippen molar-refractivity contribution in [3.8, 4) is 5.75 Å². The fourth-order valence-electron chi connectivity index (χ4n) is 1.87. The second-order valence-electron chi connectivity index (χ2n) is 4.01. The summed E-state index contributed by atoms with van der Waals surface area (Å²) >= 11 is 0. The number of phenolic OH excluding ortho intramolecular Hbond substituents is 1. The molecule has 1 saturated heterocycles. The highest BCUT2D eigenvalue weighted by atomic mass is 16.5. The molecule has 1 aromatic carbocycles. The number of hydrogen-bond acceptors (Lipinski definition) is 5. The van der Waals surface area contributed by atoms with E-state index >= 15 is 0 Å². The van der Waals surface area contributed by atoms with Crippen LogP contribution in [0.15, 0.2) is 12.1 Å². The molecule has 1 aliphatic heterocycles. The fraction of sp³-hybridized carbons (Fsp3) is 0.455. The minimum absolute atomic E-state index is 0.140. The number of nitrogen functional groups attached to an aromatic ring is 2. The topological polar surface area (TPSA) is 84.7 Å². The van der Waals surface area contributed by atoms with E-state index in [1.54, 1.807) is 12.1 Å². The zero-order chi connectivity index (χ0) is 11.5. The van der Waals surface area contributed by atoms with Crippen LogP contribution in [0.4, 0.5) is 11.4 Å². The summed E-state index contributed by atoms with van der Waals surface area (Å²) in [5.41, 5.74) is 13.0. The Morgan fingerprint density at radius 3 is 2.62 bits per heavy atom. The summed E-state index contributed by atoms with van der Waals surface area (Å²) in [6.07, 6.45) is 0. The molecule has 0 unspecified atom stereocenters. The van der Waals surface area contributed by atoms with Gasteiger partial charge in [-0.15, -0.1) is 0 Å². The first-order chi connectivity index (χ1) is 7.66. The molecule has 1 fully saturated rings. The largest absolute Gasteiger partial charge is 0.505 e. The fourth-order valence-corrected chi connectivity index (χ4v) is 1.87. The van der Waals surface area contributed by atoms with Crippen molar-refractivity contribution >= 4 is 11.4 Å². The van der Waals surface area contributed by atoms with Gasteiger partial charge in [0.25, 0.3) is 0 Å². The van der Waals surface area contributed by atoms with E-state index in [0.29, 0.717) is 17.9 Å². The number of nitrogens with two attached hydrogens (primary N) is 2.